The van der Waals surface area contributed by atoms with Crippen molar-refractivity contribution >= 4 is 40.6 Å². The second-order valence-corrected chi connectivity index (χ2v) is 8.08. The number of hydrogen-bond donors (Lipinski definition) is 6. The van der Waals surface area contributed by atoms with Gasteiger partial charge >= 0.3 is 6.03 Å². The third kappa shape index (κ3) is 6.41. The highest BCUT2D eigenvalue weighted by Crippen LogP contribution is 2.24. The number of urea groups is 1. The van der Waals surface area contributed by atoms with Crippen molar-refractivity contribution in [3.63, 3.8) is 0 Å². The number of nitrogens with one attached hydrogen (secondary N) is 3. The first-order valence-corrected chi connectivity index (χ1v) is 10.6. The fourth-order valence-electron chi connectivity index (χ4n) is 3.34. The van der Waals surface area contributed by atoms with Gasteiger partial charge in [-0.2, -0.15) is 0 Å². The molecule has 0 aromatic heterocycles. The summed E-state index contributed by atoms with van der Waals surface area (Å²) in [6.45, 7) is -0.341. The molecule has 1 unspecified atom stereocenters. The highest BCUT2D eigenvalue weighted by molar-refractivity contribution is 6.30. The van der Waals surface area contributed by atoms with Crippen molar-refractivity contribution in [2.75, 3.05) is 11.9 Å². The van der Waals surface area contributed by atoms with E-state index < -0.39 is 69.4 Å². The van der Waals surface area contributed by atoms with Crippen molar-refractivity contribution in [3.8, 4) is 0 Å². The summed E-state index contributed by atoms with van der Waals surface area (Å²) >= 11 is 5.77. The number of hydrogen-bond acceptors (Lipinski definition) is 10. The molecule has 0 saturated carbocycles. The maximum Gasteiger partial charge on any atom is 0.319 e. The topological polar surface area (TPSA) is 226 Å². The van der Waals surface area contributed by atoms with Gasteiger partial charge in [-0.1, -0.05) is 11.6 Å². The summed E-state index contributed by atoms with van der Waals surface area (Å²) in [5.74, 6) is -1.11. The molecule has 36 heavy (non-hydrogen) atoms. The average molecular weight is 526 g/mol. The van der Waals surface area contributed by atoms with E-state index in [4.69, 9.17) is 16.3 Å². The highest BCUT2D eigenvalue weighted by atomic mass is 35.5. The first kappa shape index (κ1) is 26.7. The Hall–Kier alpha value is -3.89. The van der Waals surface area contributed by atoms with E-state index in [1.165, 1.54) is 0 Å². The molecule has 1 saturated heterocycles. The lowest BCUT2D eigenvalue weighted by molar-refractivity contribution is -0.394. The van der Waals surface area contributed by atoms with Crippen LogP contribution >= 0.6 is 11.6 Å². The number of anilines is 1. The summed E-state index contributed by atoms with van der Waals surface area (Å²) in [6.07, 6.45) is -6.63. The minimum absolute atomic E-state index is 0.341. The zero-order chi connectivity index (χ0) is 26.6. The van der Waals surface area contributed by atoms with Gasteiger partial charge < -0.3 is 36.0 Å². The fraction of sp³-hybridized carbons (Fsp3) is 0.300. The predicted molar refractivity (Wildman–Crippen MR) is 122 cm³/mol. The van der Waals surface area contributed by atoms with Crippen LogP contribution in [0.1, 0.15) is 10.4 Å². The quantitative estimate of drug-likeness (QED) is 0.217. The lowest BCUT2D eigenvalue weighted by atomic mass is 9.96. The van der Waals surface area contributed by atoms with Gasteiger partial charge in [-0.3, -0.25) is 25.0 Å². The Morgan fingerprint density at radius 2 is 1.56 bits per heavy atom. The second-order valence-electron chi connectivity index (χ2n) is 7.64. The van der Waals surface area contributed by atoms with Crippen LogP contribution in [0.15, 0.2) is 42.5 Å². The summed E-state index contributed by atoms with van der Waals surface area (Å²) in [7, 11) is 0. The number of carbonyl (C=O) groups is 2. The van der Waals surface area contributed by atoms with Gasteiger partial charge in [-0.05, 0) is 24.3 Å². The molecular formula is C20H20ClN5O10. The molecule has 0 bridgehead atoms. The predicted octanol–water partition coefficient (Wildman–Crippen LogP) is 0.516. The Bertz CT molecular complexity index is 1130. The van der Waals surface area contributed by atoms with Gasteiger partial charge in [0.05, 0.1) is 21.5 Å². The van der Waals surface area contributed by atoms with Crippen LogP contribution in [0.25, 0.3) is 0 Å². The molecule has 0 spiro atoms. The fourth-order valence-corrected chi connectivity index (χ4v) is 3.47. The van der Waals surface area contributed by atoms with Crippen molar-refractivity contribution in [3.05, 3.63) is 73.3 Å². The van der Waals surface area contributed by atoms with E-state index in [2.05, 4.69) is 16.0 Å². The minimum atomic E-state index is -1.87. The van der Waals surface area contributed by atoms with Crippen LogP contribution in [0.3, 0.4) is 0 Å². The summed E-state index contributed by atoms with van der Waals surface area (Å²) in [6, 6.07) is 6.12. The number of aliphatic hydroxyl groups excluding tert-OH is 3. The molecule has 1 aliphatic rings. The number of aliphatic hydroxyl groups is 3. The van der Waals surface area contributed by atoms with E-state index in [0.717, 1.165) is 12.1 Å². The second kappa shape index (κ2) is 11.2. The number of nitro benzene ring substituents is 2. The highest BCUT2D eigenvalue weighted by Gasteiger charge is 2.44. The lowest BCUT2D eigenvalue weighted by Crippen LogP contribution is -2.65. The van der Waals surface area contributed by atoms with Crippen LogP contribution in [0.5, 0.6) is 0 Å². The SMILES string of the molecule is O=C(NC[C@H]1OC(O)[C@H](NC(=O)c2cc([N+](=O)[O-])cc([N+](=O)[O-])c2)[C@@H](O)[C@@H]1O)Nc1ccc(Cl)cc1. The third-order valence-electron chi connectivity index (χ3n) is 5.17. The number of non-ortho nitro benzene ring substituents is 2. The van der Waals surface area contributed by atoms with E-state index in [1.807, 2.05) is 0 Å². The maximum absolute atomic E-state index is 12.6. The monoisotopic (exact) mass is 525 g/mol. The van der Waals surface area contributed by atoms with Gasteiger partial charge in [0.15, 0.2) is 6.29 Å². The largest absolute Gasteiger partial charge is 0.388 e. The summed E-state index contributed by atoms with van der Waals surface area (Å²) in [5, 5.41) is 60.6. The Morgan fingerprint density at radius 3 is 2.11 bits per heavy atom. The van der Waals surface area contributed by atoms with Crippen molar-refractivity contribution < 1.29 is 39.5 Å². The molecule has 0 radical (unpaired) electrons. The van der Waals surface area contributed by atoms with Crippen LogP contribution in [-0.2, 0) is 4.74 Å². The number of nitrogens with zero attached hydrogens (tertiary/aromatic N) is 2. The van der Waals surface area contributed by atoms with Crippen molar-refractivity contribution in [2.24, 2.45) is 0 Å². The maximum atomic E-state index is 12.6. The Morgan fingerprint density at radius 1 is 0.972 bits per heavy atom. The molecule has 3 rings (SSSR count). The number of ether oxygens (including phenoxy) is 1. The normalized spacial score (nSPS) is 23.4. The standard InChI is InChI=1S/C20H20ClN5O10/c21-10-1-3-11(4-2-10)23-20(31)22-8-14-16(27)17(28)15(19(30)36-14)24-18(29)9-5-12(25(32)33)7-13(6-9)26(34)35/h1-7,14-17,19,27-28,30H,8H2,(H,24,29)(H2,22,23,31)/t14-,15-,16-,17-,19?/m1/s1. The summed E-state index contributed by atoms with van der Waals surface area (Å²) in [5.41, 5.74) is -1.52. The smallest absolute Gasteiger partial charge is 0.319 e. The molecule has 1 heterocycles. The average Bonchev–Trinajstić information content (AvgIpc) is 2.84. The molecule has 192 valence electrons. The van der Waals surface area contributed by atoms with Crippen LogP contribution in [0.4, 0.5) is 21.9 Å². The number of carbonyl (C=O) groups excluding carboxylic acids is 2. The molecule has 0 aliphatic carbocycles. The van der Waals surface area contributed by atoms with Gasteiger partial charge in [0, 0.05) is 29.4 Å². The molecular weight excluding hydrogens is 506 g/mol. The van der Waals surface area contributed by atoms with Crippen LogP contribution in [-0.4, -0.2) is 74.3 Å². The Balaban J connectivity index is 1.62. The molecule has 3 amide bonds. The number of rotatable bonds is 7. The molecule has 5 atom stereocenters. The van der Waals surface area contributed by atoms with E-state index >= 15 is 0 Å². The lowest BCUT2D eigenvalue weighted by Gasteiger charge is -2.40. The Kier molecular flexibility index (Phi) is 8.33. The molecule has 2 aromatic carbocycles. The van der Waals surface area contributed by atoms with Gasteiger partial charge in [-0.15, -0.1) is 0 Å². The zero-order valence-corrected chi connectivity index (χ0v) is 18.9. The van der Waals surface area contributed by atoms with E-state index in [1.54, 1.807) is 24.3 Å². The molecule has 6 N–H and O–H groups in total. The van der Waals surface area contributed by atoms with Crippen molar-refractivity contribution in [1.29, 1.82) is 0 Å². The first-order chi connectivity index (χ1) is 17.0. The molecule has 1 aliphatic heterocycles. The number of nitro groups is 2. The number of benzene rings is 2. The minimum Gasteiger partial charge on any atom is -0.388 e. The molecule has 1 fully saturated rings. The van der Waals surface area contributed by atoms with Crippen molar-refractivity contribution in [1.82, 2.24) is 10.6 Å². The van der Waals surface area contributed by atoms with Crippen molar-refractivity contribution in [2.45, 2.75) is 30.6 Å². The Labute approximate surface area is 206 Å². The van der Waals surface area contributed by atoms with Crippen LogP contribution in [0.2, 0.25) is 5.02 Å². The van der Waals surface area contributed by atoms with Crippen LogP contribution in [0, 0.1) is 20.2 Å². The summed E-state index contributed by atoms with van der Waals surface area (Å²) in [4.78, 5) is 44.8. The third-order valence-corrected chi connectivity index (χ3v) is 5.42. The van der Waals surface area contributed by atoms with Gasteiger partial charge in [-0.25, -0.2) is 4.79 Å². The van der Waals surface area contributed by atoms with E-state index in [0.29, 0.717) is 16.8 Å². The number of halogens is 1. The van der Waals surface area contributed by atoms with E-state index in [9.17, 15) is 45.1 Å². The van der Waals surface area contributed by atoms with Gasteiger partial charge in [0.1, 0.15) is 24.4 Å². The summed E-state index contributed by atoms with van der Waals surface area (Å²) < 4.78 is 5.21. The van der Waals surface area contributed by atoms with Crippen LogP contribution < -0.4 is 16.0 Å². The van der Waals surface area contributed by atoms with E-state index in [-0.39, 0.29) is 6.54 Å². The molecule has 15 nitrogen and oxygen atoms in total. The molecule has 2 aromatic rings. The molecule has 16 heteroatoms. The van der Waals surface area contributed by atoms with Gasteiger partial charge in [0.25, 0.3) is 17.3 Å². The number of amides is 3. The first-order valence-electron chi connectivity index (χ1n) is 10.2. The zero-order valence-electron chi connectivity index (χ0n) is 18.1. The van der Waals surface area contributed by atoms with Gasteiger partial charge in [0.2, 0.25) is 0 Å².